The first-order chi connectivity index (χ1) is 7.88. The minimum atomic E-state index is -3.30. The fourth-order valence-corrected chi connectivity index (χ4v) is 3.92. The molecule has 2 atom stereocenters. The van der Waals surface area contributed by atoms with Gasteiger partial charge in [0.1, 0.15) is 5.25 Å². The molecule has 3 N–H and O–H groups in total. The van der Waals surface area contributed by atoms with Crippen LogP contribution in [0.4, 0.5) is 0 Å². The molecule has 0 spiro atoms. The highest BCUT2D eigenvalue weighted by molar-refractivity contribution is 7.92. The van der Waals surface area contributed by atoms with E-state index in [1.165, 1.54) is 0 Å². The number of nitrogens with two attached hydrogens (primary N) is 1. The zero-order valence-corrected chi connectivity index (χ0v) is 11.4. The van der Waals surface area contributed by atoms with E-state index in [1.54, 1.807) is 0 Å². The van der Waals surface area contributed by atoms with Crippen molar-refractivity contribution in [2.45, 2.75) is 43.9 Å². The molecule has 0 saturated carbocycles. The Hall–Kier alpha value is -0.690. The fraction of sp³-hybridized carbons (Fsp3) is 0.800. The van der Waals surface area contributed by atoms with Gasteiger partial charge in [-0.15, -0.1) is 0 Å². The second kappa shape index (κ2) is 5.77. The van der Waals surface area contributed by atoms with Crippen LogP contribution < -0.4 is 11.1 Å². The van der Waals surface area contributed by atoms with Crippen molar-refractivity contribution in [3.63, 3.8) is 0 Å². The Morgan fingerprint density at radius 1 is 1.53 bits per heavy atom. The predicted molar refractivity (Wildman–Crippen MR) is 70.4 cm³/mol. The topological polar surface area (TPSA) is 89.3 Å². The van der Waals surface area contributed by atoms with Crippen molar-refractivity contribution in [2.24, 2.45) is 5.73 Å². The van der Waals surface area contributed by atoms with Crippen molar-refractivity contribution in [2.75, 3.05) is 5.75 Å². The number of amides is 1. The highest BCUT2D eigenvalue weighted by atomic mass is 32.2. The average molecular weight is 278 g/mol. The summed E-state index contributed by atoms with van der Waals surface area (Å²) in [5.41, 5.74) is 5.46. The first kappa shape index (κ1) is 14.4. The molecule has 0 aromatic rings. The van der Waals surface area contributed by atoms with Gasteiger partial charge in [0, 0.05) is 0 Å². The minimum absolute atomic E-state index is 0.0922. The first-order valence-corrected chi connectivity index (χ1v) is 7.82. The van der Waals surface area contributed by atoms with Gasteiger partial charge in [-0.2, -0.15) is 0 Å². The molecule has 0 aromatic carbocycles. The van der Waals surface area contributed by atoms with Gasteiger partial charge in [0.2, 0.25) is 5.91 Å². The molecule has 1 aliphatic rings. The first-order valence-electron chi connectivity index (χ1n) is 5.69. The summed E-state index contributed by atoms with van der Waals surface area (Å²) in [4.78, 5) is 12.1. The van der Waals surface area contributed by atoms with Crippen molar-refractivity contribution in [1.82, 2.24) is 5.32 Å². The number of rotatable bonds is 4. The van der Waals surface area contributed by atoms with Crippen molar-refractivity contribution in [3.05, 3.63) is 0 Å². The number of carbonyl (C=O) groups excluding carboxylic acids is 1. The van der Waals surface area contributed by atoms with E-state index in [0.717, 1.165) is 6.42 Å². The van der Waals surface area contributed by atoms with Crippen LogP contribution in [0.2, 0.25) is 0 Å². The number of nitrogens with one attached hydrogen (secondary N) is 1. The third kappa shape index (κ3) is 3.64. The lowest BCUT2D eigenvalue weighted by atomic mass is 10.1. The van der Waals surface area contributed by atoms with Crippen LogP contribution in [0.25, 0.3) is 0 Å². The van der Waals surface area contributed by atoms with Crippen molar-refractivity contribution in [1.29, 1.82) is 0 Å². The molecule has 1 rings (SSSR count). The Labute approximate surface area is 107 Å². The summed E-state index contributed by atoms with van der Waals surface area (Å²) >= 11 is 4.81. The smallest absolute Gasteiger partial charge is 0.238 e. The molecule has 0 bridgehead atoms. The van der Waals surface area contributed by atoms with Crippen LogP contribution in [0.15, 0.2) is 0 Å². The molecule has 1 amide bonds. The van der Waals surface area contributed by atoms with Gasteiger partial charge in [0.05, 0.1) is 16.8 Å². The maximum Gasteiger partial charge on any atom is 0.238 e. The highest BCUT2D eigenvalue weighted by Crippen LogP contribution is 2.19. The van der Waals surface area contributed by atoms with Gasteiger partial charge < -0.3 is 11.1 Å². The fourth-order valence-electron chi connectivity index (χ4n) is 1.89. The van der Waals surface area contributed by atoms with E-state index >= 15 is 0 Å². The minimum Gasteiger partial charge on any atom is -0.392 e. The molecule has 5 nitrogen and oxygen atoms in total. The molecule has 98 valence electrons. The Bertz CT molecular complexity index is 406. The van der Waals surface area contributed by atoms with E-state index in [9.17, 15) is 13.2 Å². The Morgan fingerprint density at radius 3 is 2.65 bits per heavy atom. The van der Waals surface area contributed by atoms with Gasteiger partial charge in [-0.25, -0.2) is 8.42 Å². The van der Waals surface area contributed by atoms with Crippen LogP contribution in [0.3, 0.4) is 0 Å². The van der Waals surface area contributed by atoms with Gasteiger partial charge >= 0.3 is 0 Å². The van der Waals surface area contributed by atoms with E-state index in [2.05, 4.69) is 5.32 Å². The number of carbonyl (C=O) groups is 1. The molecule has 1 heterocycles. The molecular formula is C10H18N2O3S2. The molecular weight excluding hydrogens is 260 g/mol. The Balaban J connectivity index is 2.72. The molecule has 1 aliphatic heterocycles. The molecule has 1 fully saturated rings. The molecule has 0 aliphatic carbocycles. The Kier molecular flexibility index (Phi) is 4.88. The van der Waals surface area contributed by atoms with E-state index in [4.69, 9.17) is 18.0 Å². The monoisotopic (exact) mass is 278 g/mol. The molecule has 0 aromatic heterocycles. The van der Waals surface area contributed by atoms with Crippen molar-refractivity contribution in [3.8, 4) is 0 Å². The summed E-state index contributed by atoms with van der Waals surface area (Å²) in [5, 5.41) is 1.68. The number of thiocarbonyl (C=S) groups is 1. The summed E-state index contributed by atoms with van der Waals surface area (Å²) in [6.45, 7) is 1.83. The second-order valence-corrected chi connectivity index (χ2v) is 7.00. The normalized spacial score (nSPS) is 24.9. The summed E-state index contributed by atoms with van der Waals surface area (Å²) in [7, 11) is -3.30. The van der Waals surface area contributed by atoms with Crippen LogP contribution in [-0.4, -0.2) is 36.4 Å². The van der Waals surface area contributed by atoms with E-state index in [1.807, 2.05) is 6.92 Å². The summed E-state index contributed by atoms with van der Waals surface area (Å²) in [6.07, 6.45) is 2.36. The number of sulfone groups is 1. The quantitative estimate of drug-likeness (QED) is 0.714. The third-order valence-corrected chi connectivity index (χ3v) is 5.40. The van der Waals surface area contributed by atoms with Gasteiger partial charge in [0.15, 0.2) is 9.84 Å². The van der Waals surface area contributed by atoms with E-state index in [-0.39, 0.29) is 10.7 Å². The highest BCUT2D eigenvalue weighted by Gasteiger charge is 2.35. The number of hydrogen-bond donors (Lipinski definition) is 2. The lowest BCUT2D eigenvalue weighted by molar-refractivity contribution is -0.121. The molecule has 1 saturated heterocycles. The van der Waals surface area contributed by atoms with E-state index in [0.29, 0.717) is 19.3 Å². The maximum absolute atomic E-state index is 11.9. The summed E-state index contributed by atoms with van der Waals surface area (Å²) in [5.74, 6) is -0.376. The molecule has 2 unspecified atom stereocenters. The SMILES string of the molecule is CCC(NC(=O)C1CCCCS1(=O)=O)C(N)=S. The lowest BCUT2D eigenvalue weighted by Crippen LogP contribution is -2.50. The predicted octanol–water partition coefficient (Wildman–Crippen LogP) is 0.135. The molecule has 17 heavy (non-hydrogen) atoms. The van der Waals surface area contributed by atoms with Crippen LogP contribution in [0.5, 0.6) is 0 Å². The standard InChI is InChI=1S/C10H18N2O3S2/c1-2-7(9(11)16)12-10(13)8-5-3-4-6-17(8,14)15/h7-8H,2-6H2,1H3,(H2,11,16)(H,12,13). The maximum atomic E-state index is 11.9. The Morgan fingerprint density at radius 2 is 2.18 bits per heavy atom. The van der Waals surface area contributed by atoms with Crippen LogP contribution in [-0.2, 0) is 14.6 Å². The van der Waals surface area contributed by atoms with Crippen LogP contribution >= 0.6 is 12.2 Å². The summed E-state index contributed by atoms with van der Waals surface area (Å²) in [6, 6.07) is -0.422. The lowest BCUT2D eigenvalue weighted by Gasteiger charge is -2.24. The van der Waals surface area contributed by atoms with Crippen molar-refractivity contribution < 1.29 is 13.2 Å². The molecule has 0 radical (unpaired) electrons. The number of hydrogen-bond acceptors (Lipinski definition) is 4. The summed E-state index contributed by atoms with van der Waals surface area (Å²) < 4.78 is 23.5. The average Bonchev–Trinajstić information content (AvgIpc) is 2.24. The van der Waals surface area contributed by atoms with Gasteiger partial charge in [-0.1, -0.05) is 25.6 Å². The second-order valence-electron chi connectivity index (χ2n) is 4.22. The van der Waals surface area contributed by atoms with Crippen LogP contribution in [0, 0.1) is 0 Å². The van der Waals surface area contributed by atoms with Crippen LogP contribution in [0.1, 0.15) is 32.6 Å². The molecule has 7 heteroatoms. The van der Waals surface area contributed by atoms with Gasteiger partial charge in [0.25, 0.3) is 0 Å². The third-order valence-electron chi connectivity index (χ3n) is 2.94. The van der Waals surface area contributed by atoms with Gasteiger partial charge in [-0.05, 0) is 19.3 Å². The largest absolute Gasteiger partial charge is 0.392 e. The zero-order chi connectivity index (χ0) is 13.1. The zero-order valence-electron chi connectivity index (χ0n) is 9.81. The van der Waals surface area contributed by atoms with Crippen molar-refractivity contribution >= 4 is 33.0 Å². The van der Waals surface area contributed by atoms with E-state index < -0.39 is 27.0 Å². The van der Waals surface area contributed by atoms with Gasteiger partial charge in [-0.3, -0.25) is 4.79 Å².